The van der Waals surface area contributed by atoms with E-state index in [1.54, 1.807) is 0 Å². The molecule has 0 spiro atoms. The number of hydrogen-bond donors (Lipinski definition) is 2. The molecule has 0 saturated carbocycles. The summed E-state index contributed by atoms with van der Waals surface area (Å²) in [5, 5.41) is 9.84. The molecule has 0 saturated heterocycles. The first-order valence-corrected chi connectivity index (χ1v) is 33.4. The summed E-state index contributed by atoms with van der Waals surface area (Å²) >= 11 is 0. The van der Waals surface area contributed by atoms with Gasteiger partial charge in [-0.15, -0.1) is 0 Å². The molecule has 2 N–H and O–H groups in total. The molecule has 0 aliphatic heterocycles. The zero-order chi connectivity index (χ0) is 55.5. The van der Waals surface area contributed by atoms with E-state index in [1.165, 1.54) is 161 Å². The lowest BCUT2D eigenvalue weighted by Crippen LogP contribution is -2.30. The number of phosphoric ester groups is 1. The fraction of sp³-hybridized carbons (Fsp3) is 0.859. The second-order valence-corrected chi connectivity index (χ2v) is 23.0. The van der Waals surface area contributed by atoms with Crippen LogP contribution < -0.4 is 0 Å². The Balaban J connectivity index is 4.64. The SMILES string of the molecule is CCCCC/C=C\C/C=C\CCCCCCCCCC(=O)OC(CO)COP(=O)(O)OCC(COC(=O)CCCCCCC/C=C\CCCCCC)OC(=O)CCCCCCCCCCCCCCCCCCCCC. The van der Waals surface area contributed by atoms with Crippen molar-refractivity contribution < 1.29 is 52.2 Å². The molecule has 0 heterocycles. The molecule has 0 amide bonds. The molecule has 3 atom stereocenters. The van der Waals surface area contributed by atoms with E-state index < -0.39 is 57.8 Å². The Morgan fingerprint density at radius 1 is 0.368 bits per heavy atom. The van der Waals surface area contributed by atoms with E-state index in [1.807, 2.05) is 0 Å². The van der Waals surface area contributed by atoms with Gasteiger partial charge in [0.25, 0.3) is 0 Å². The topological polar surface area (TPSA) is 155 Å². The first-order valence-electron chi connectivity index (χ1n) is 31.9. The molecule has 0 aliphatic rings. The minimum absolute atomic E-state index is 0.171. The number of hydrogen-bond acceptors (Lipinski definition) is 10. The molecule has 0 bridgehead atoms. The van der Waals surface area contributed by atoms with Gasteiger partial charge in [0.05, 0.1) is 19.8 Å². The number of ether oxygens (including phenoxy) is 3. The highest BCUT2D eigenvalue weighted by molar-refractivity contribution is 7.47. The fourth-order valence-corrected chi connectivity index (χ4v) is 9.93. The van der Waals surface area contributed by atoms with Crippen LogP contribution in [0.2, 0.25) is 0 Å². The molecule has 3 unspecified atom stereocenters. The molecular weight excluding hydrogens is 976 g/mol. The maximum Gasteiger partial charge on any atom is 0.472 e. The number of allylic oxidation sites excluding steroid dienone is 6. The summed E-state index contributed by atoms with van der Waals surface area (Å²) < 4.78 is 39.6. The molecule has 76 heavy (non-hydrogen) atoms. The van der Waals surface area contributed by atoms with Crippen LogP contribution in [0.5, 0.6) is 0 Å². The van der Waals surface area contributed by atoms with Gasteiger partial charge in [-0.25, -0.2) is 4.57 Å². The van der Waals surface area contributed by atoms with Crippen molar-refractivity contribution in [1.29, 1.82) is 0 Å². The highest BCUT2D eigenvalue weighted by Gasteiger charge is 2.28. The van der Waals surface area contributed by atoms with E-state index in [4.69, 9.17) is 23.3 Å². The second-order valence-electron chi connectivity index (χ2n) is 21.6. The van der Waals surface area contributed by atoms with E-state index in [-0.39, 0.29) is 25.9 Å². The predicted molar refractivity (Wildman–Crippen MR) is 316 cm³/mol. The van der Waals surface area contributed by atoms with Crippen molar-refractivity contribution in [1.82, 2.24) is 0 Å². The average Bonchev–Trinajstić information content (AvgIpc) is 3.41. The first-order chi connectivity index (χ1) is 37.2. The second kappa shape index (κ2) is 58.8. The van der Waals surface area contributed by atoms with Crippen LogP contribution in [0.4, 0.5) is 0 Å². The van der Waals surface area contributed by atoms with Gasteiger partial charge >= 0.3 is 25.7 Å². The van der Waals surface area contributed by atoms with E-state index in [0.717, 1.165) is 96.3 Å². The average molecular weight is 1100 g/mol. The Labute approximate surface area is 467 Å². The smallest absolute Gasteiger partial charge is 0.462 e. The zero-order valence-corrected chi connectivity index (χ0v) is 50.4. The largest absolute Gasteiger partial charge is 0.472 e. The molecule has 0 aliphatic carbocycles. The highest BCUT2D eigenvalue weighted by atomic mass is 31.2. The predicted octanol–water partition coefficient (Wildman–Crippen LogP) is 19.2. The molecule has 0 fully saturated rings. The van der Waals surface area contributed by atoms with Crippen molar-refractivity contribution in [2.24, 2.45) is 0 Å². The monoisotopic (exact) mass is 1090 g/mol. The number of aliphatic hydroxyl groups is 1. The Hall–Kier alpha value is -2.30. The normalized spacial score (nSPS) is 13.5. The van der Waals surface area contributed by atoms with Crippen LogP contribution in [0.3, 0.4) is 0 Å². The van der Waals surface area contributed by atoms with Gasteiger partial charge in [-0.1, -0.05) is 256 Å². The van der Waals surface area contributed by atoms with Gasteiger partial charge in [0.2, 0.25) is 0 Å². The van der Waals surface area contributed by atoms with Gasteiger partial charge in [0.1, 0.15) is 12.7 Å². The highest BCUT2D eigenvalue weighted by Crippen LogP contribution is 2.43. The lowest BCUT2D eigenvalue weighted by atomic mass is 10.0. The number of unbranched alkanes of at least 4 members (excludes halogenated alkanes) is 37. The molecular formula is C64H119O11P. The van der Waals surface area contributed by atoms with Gasteiger partial charge in [-0.3, -0.25) is 23.4 Å². The number of carbonyl (C=O) groups is 3. The first kappa shape index (κ1) is 73.7. The Morgan fingerprint density at radius 3 is 1.03 bits per heavy atom. The van der Waals surface area contributed by atoms with Crippen LogP contribution in [0, 0.1) is 0 Å². The zero-order valence-electron chi connectivity index (χ0n) is 49.5. The molecule has 0 rings (SSSR count). The number of aliphatic hydroxyl groups excluding tert-OH is 1. The van der Waals surface area contributed by atoms with Crippen LogP contribution in [0.15, 0.2) is 36.5 Å². The number of phosphoric acid groups is 1. The summed E-state index contributed by atoms with van der Waals surface area (Å²) in [5.41, 5.74) is 0. The van der Waals surface area contributed by atoms with Crippen molar-refractivity contribution in [3.8, 4) is 0 Å². The maximum atomic E-state index is 12.9. The van der Waals surface area contributed by atoms with Crippen molar-refractivity contribution in [2.75, 3.05) is 26.4 Å². The van der Waals surface area contributed by atoms with E-state index in [0.29, 0.717) is 19.3 Å². The molecule has 0 aromatic heterocycles. The molecule has 446 valence electrons. The Morgan fingerprint density at radius 2 is 0.645 bits per heavy atom. The van der Waals surface area contributed by atoms with Crippen LogP contribution >= 0.6 is 7.82 Å². The summed E-state index contributed by atoms with van der Waals surface area (Å²) in [6.07, 6.45) is 62.4. The number of rotatable bonds is 60. The molecule has 12 heteroatoms. The van der Waals surface area contributed by atoms with Gasteiger partial charge in [-0.05, 0) is 77.0 Å². The minimum Gasteiger partial charge on any atom is -0.462 e. The number of esters is 3. The quantitative estimate of drug-likeness (QED) is 0.0197. The van der Waals surface area contributed by atoms with E-state index in [9.17, 15) is 28.9 Å². The summed E-state index contributed by atoms with van der Waals surface area (Å²) in [5.74, 6) is -1.46. The van der Waals surface area contributed by atoms with Gasteiger partial charge < -0.3 is 24.2 Å². The van der Waals surface area contributed by atoms with Crippen molar-refractivity contribution >= 4 is 25.7 Å². The van der Waals surface area contributed by atoms with E-state index >= 15 is 0 Å². The third-order valence-corrected chi connectivity index (χ3v) is 15.0. The fourth-order valence-electron chi connectivity index (χ4n) is 9.15. The third-order valence-electron chi connectivity index (χ3n) is 14.0. The summed E-state index contributed by atoms with van der Waals surface area (Å²) in [6, 6.07) is 0. The molecule has 11 nitrogen and oxygen atoms in total. The van der Waals surface area contributed by atoms with Gasteiger partial charge in [0, 0.05) is 19.3 Å². The lowest BCUT2D eigenvalue weighted by Gasteiger charge is -2.21. The van der Waals surface area contributed by atoms with Crippen LogP contribution in [0.1, 0.15) is 316 Å². The Kier molecular flexibility index (Phi) is 57.1. The Bertz CT molecular complexity index is 1420. The third kappa shape index (κ3) is 56.4. The minimum atomic E-state index is -4.75. The summed E-state index contributed by atoms with van der Waals surface area (Å²) in [6.45, 7) is 4.65. The molecule has 0 aromatic rings. The lowest BCUT2D eigenvalue weighted by molar-refractivity contribution is -0.161. The molecule has 0 aromatic carbocycles. The standard InChI is InChI=1S/C64H119O11P/c1-4-7-10-13-16-19-22-25-27-29-30-32-34-37-40-43-46-49-52-55-64(68)75-61(57-71-62(66)53-50-47-44-41-38-35-24-21-18-15-12-9-6-3)59-73-76(69,70)72-58-60(56-65)74-63(67)54-51-48-45-42-39-36-33-31-28-26-23-20-17-14-11-8-5-2/h17,20-21,24,26,28,60-61,65H,4-16,18-19,22-23,25,27,29-59H2,1-3H3,(H,69,70)/b20-17-,24-21-,28-26-. The van der Waals surface area contributed by atoms with Crippen LogP contribution in [-0.2, 0) is 42.2 Å². The van der Waals surface area contributed by atoms with E-state index in [2.05, 4.69) is 57.2 Å². The summed E-state index contributed by atoms with van der Waals surface area (Å²) in [7, 11) is -4.75. The molecule has 0 radical (unpaired) electrons. The number of carbonyl (C=O) groups excluding carboxylic acids is 3. The van der Waals surface area contributed by atoms with Crippen molar-refractivity contribution in [3.05, 3.63) is 36.5 Å². The maximum absolute atomic E-state index is 12.9. The van der Waals surface area contributed by atoms with Gasteiger partial charge in [-0.2, -0.15) is 0 Å². The van der Waals surface area contributed by atoms with Crippen molar-refractivity contribution in [3.63, 3.8) is 0 Å². The van der Waals surface area contributed by atoms with Crippen LogP contribution in [0.25, 0.3) is 0 Å². The van der Waals surface area contributed by atoms with Crippen LogP contribution in [-0.4, -0.2) is 66.5 Å². The van der Waals surface area contributed by atoms with Crippen molar-refractivity contribution in [2.45, 2.75) is 328 Å². The van der Waals surface area contributed by atoms with Gasteiger partial charge in [0.15, 0.2) is 6.10 Å². The summed E-state index contributed by atoms with van der Waals surface area (Å²) in [4.78, 5) is 48.7.